The van der Waals surface area contributed by atoms with Crippen LogP contribution in [0.25, 0.3) is 0 Å². The number of amides is 2. The molecule has 1 aromatic rings. The molecule has 0 saturated carbocycles. The Labute approximate surface area is 127 Å². The van der Waals surface area contributed by atoms with E-state index in [4.69, 9.17) is 5.11 Å². The summed E-state index contributed by atoms with van der Waals surface area (Å²) in [5.41, 5.74) is 1.04. The summed E-state index contributed by atoms with van der Waals surface area (Å²) in [5.74, 6) is -1.04. The average molecular weight is 343 g/mol. The van der Waals surface area contributed by atoms with E-state index in [1.165, 1.54) is 4.90 Å². The molecule has 0 aliphatic heterocycles. The number of carbonyl (C=O) groups is 2. The van der Waals surface area contributed by atoms with Crippen molar-refractivity contribution in [3.63, 3.8) is 0 Å². The molecular weight excluding hydrogens is 324 g/mol. The molecule has 0 unspecified atom stereocenters. The lowest BCUT2D eigenvalue weighted by Crippen LogP contribution is -2.50. The quantitative estimate of drug-likeness (QED) is 0.883. The molecule has 0 aliphatic carbocycles. The van der Waals surface area contributed by atoms with Crippen LogP contribution in [0.15, 0.2) is 22.7 Å². The number of halogens is 1. The van der Waals surface area contributed by atoms with Crippen molar-refractivity contribution in [2.75, 3.05) is 11.9 Å². The van der Waals surface area contributed by atoms with E-state index in [0.29, 0.717) is 5.69 Å². The van der Waals surface area contributed by atoms with Gasteiger partial charge in [0.1, 0.15) is 6.54 Å². The van der Waals surface area contributed by atoms with Crippen LogP contribution in [0.5, 0.6) is 0 Å². The van der Waals surface area contributed by atoms with Gasteiger partial charge in [0, 0.05) is 10.0 Å². The van der Waals surface area contributed by atoms with Crippen LogP contribution < -0.4 is 5.32 Å². The summed E-state index contributed by atoms with van der Waals surface area (Å²) in [6.45, 7) is 6.95. The first-order valence-electron chi connectivity index (χ1n) is 6.18. The fourth-order valence-corrected chi connectivity index (χ4v) is 2.01. The molecule has 1 aromatic carbocycles. The van der Waals surface area contributed by atoms with Crippen LogP contribution in [-0.4, -0.2) is 34.1 Å². The highest BCUT2D eigenvalue weighted by Gasteiger charge is 2.28. The molecule has 0 saturated heterocycles. The minimum absolute atomic E-state index is 0.348. The molecule has 2 N–H and O–H groups in total. The maximum absolute atomic E-state index is 12.3. The second-order valence-corrected chi connectivity index (χ2v) is 6.42. The molecule has 0 heterocycles. The Bertz CT molecular complexity index is 524. The number of benzene rings is 1. The lowest BCUT2D eigenvalue weighted by atomic mass is 10.1. The number of anilines is 1. The molecule has 20 heavy (non-hydrogen) atoms. The fraction of sp³-hybridized carbons (Fsp3) is 0.429. The molecule has 2 amide bonds. The van der Waals surface area contributed by atoms with Crippen molar-refractivity contribution in [3.05, 3.63) is 28.2 Å². The van der Waals surface area contributed by atoms with Crippen LogP contribution >= 0.6 is 15.9 Å². The Kier molecular flexibility index (Phi) is 5.16. The molecule has 5 nitrogen and oxygen atoms in total. The Hall–Kier alpha value is -1.56. The number of urea groups is 1. The Morgan fingerprint density at radius 1 is 1.35 bits per heavy atom. The number of nitrogens with zero attached hydrogens (tertiary/aromatic N) is 1. The maximum Gasteiger partial charge on any atom is 0.323 e. The fourth-order valence-electron chi connectivity index (χ4n) is 1.67. The molecule has 0 spiro atoms. The first-order valence-corrected chi connectivity index (χ1v) is 6.97. The third-order valence-electron chi connectivity index (χ3n) is 2.71. The third-order valence-corrected chi connectivity index (χ3v) is 3.40. The summed E-state index contributed by atoms with van der Waals surface area (Å²) in [7, 11) is 0. The lowest BCUT2D eigenvalue weighted by Gasteiger charge is -2.34. The standard InChI is InChI=1S/C14H19BrN2O3/c1-9-5-6-10(15)11(7-9)16-13(20)17(8-12(18)19)14(2,3)4/h5-7H,8H2,1-4H3,(H,16,20)(H,18,19). The van der Waals surface area contributed by atoms with Gasteiger partial charge in [0.2, 0.25) is 0 Å². The number of aliphatic carboxylic acids is 1. The maximum atomic E-state index is 12.3. The normalized spacial score (nSPS) is 11.1. The molecule has 110 valence electrons. The van der Waals surface area contributed by atoms with E-state index < -0.39 is 17.5 Å². The molecule has 0 atom stereocenters. The van der Waals surface area contributed by atoms with Crippen LogP contribution in [0.4, 0.5) is 10.5 Å². The minimum Gasteiger partial charge on any atom is -0.480 e. The number of aryl methyl sites for hydroxylation is 1. The summed E-state index contributed by atoms with van der Waals surface area (Å²) in [5, 5.41) is 11.7. The van der Waals surface area contributed by atoms with Crippen LogP contribution in [0.1, 0.15) is 26.3 Å². The van der Waals surface area contributed by atoms with E-state index in [2.05, 4.69) is 21.2 Å². The lowest BCUT2D eigenvalue weighted by molar-refractivity contribution is -0.138. The van der Waals surface area contributed by atoms with Crippen LogP contribution in [0.3, 0.4) is 0 Å². The number of hydrogen-bond acceptors (Lipinski definition) is 2. The smallest absolute Gasteiger partial charge is 0.323 e. The molecule has 0 fully saturated rings. The predicted octanol–water partition coefficient (Wildman–Crippen LogP) is 3.47. The van der Waals surface area contributed by atoms with Crippen molar-refractivity contribution >= 4 is 33.6 Å². The molecule has 1 rings (SSSR count). The van der Waals surface area contributed by atoms with Gasteiger partial charge in [0.15, 0.2) is 0 Å². The Morgan fingerprint density at radius 3 is 2.45 bits per heavy atom. The van der Waals surface area contributed by atoms with Crippen molar-refractivity contribution in [2.45, 2.75) is 33.2 Å². The molecule has 0 aliphatic rings. The van der Waals surface area contributed by atoms with Gasteiger partial charge in [-0.1, -0.05) is 6.07 Å². The number of hydrogen-bond donors (Lipinski definition) is 2. The zero-order valence-electron chi connectivity index (χ0n) is 12.0. The highest BCUT2D eigenvalue weighted by atomic mass is 79.9. The van der Waals surface area contributed by atoms with E-state index in [9.17, 15) is 9.59 Å². The molecule has 0 radical (unpaired) electrons. The topological polar surface area (TPSA) is 69.6 Å². The zero-order chi connectivity index (χ0) is 15.5. The van der Waals surface area contributed by atoms with E-state index >= 15 is 0 Å². The van der Waals surface area contributed by atoms with Crippen LogP contribution in [0.2, 0.25) is 0 Å². The number of rotatable bonds is 3. The number of carbonyl (C=O) groups excluding carboxylic acids is 1. The Balaban J connectivity index is 2.96. The Morgan fingerprint density at radius 2 is 1.95 bits per heavy atom. The van der Waals surface area contributed by atoms with Gasteiger partial charge < -0.3 is 15.3 Å². The number of carboxylic acids is 1. The molecular formula is C14H19BrN2O3. The summed E-state index contributed by atoms with van der Waals surface area (Å²) < 4.78 is 0.751. The van der Waals surface area contributed by atoms with Gasteiger partial charge in [-0.2, -0.15) is 0 Å². The third kappa shape index (κ3) is 4.52. The van der Waals surface area contributed by atoms with Crippen LogP contribution in [-0.2, 0) is 4.79 Å². The largest absolute Gasteiger partial charge is 0.480 e. The average Bonchev–Trinajstić information content (AvgIpc) is 2.29. The molecule has 0 aromatic heterocycles. The van der Waals surface area contributed by atoms with Gasteiger partial charge in [0.05, 0.1) is 5.69 Å². The van der Waals surface area contributed by atoms with Crippen molar-refractivity contribution < 1.29 is 14.7 Å². The van der Waals surface area contributed by atoms with Gasteiger partial charge >= 0.3 is 12.0 Å². The SMILES string of the molecule is Cc1ccc(Br)c(NC(=O)N(CC(=O)O)C(C)(C)C)c1. The van der Waals surface area contributed by atoms with Gasteiger partial charge in [-0.05, 0) is 61.3 Å². The van der Waals surface area contributed by atoms with Crippen LogP contribution in [0, 0.1) is 6.92 Å². The van der Waals surface area contributed by atoms with E-state index in [1.54, 1.807) is 20.8 Å². The number of nitrogens with one attached hydrogen (secondary N) is 1. The van der Waals surface area contributed by atoms with Crippen molar-refractivity contribution in [1.82, 2.24) is 4.90 Å². The second-order valence-electron chi connectivity index (χ2n) is 5.56. The van der Waals surface area contributed by atoms with Gasteiger partial charge in [0.25, 0.3) is 0 Å². The summed E-state index contributed by atoms with van der Waals surface area (Å²) >= 11 is 3.36. The van der Waals surface area contributed by atoms with Crippen molar-refractivity contribution in [1.29, 1.82) is 0 Å². The zero-order valence-corrected chi connectivity index (χ0v) is 13.6. The van der Waals surface area contributed by atoms with E-state index in [0.717, 1.165) is 10.0 Å². The van der Waals surface area contributed by atoms with Crippen molar-refractivity contribution in [3.8, 4) is 0 Å². The highest BCUT2D eigenvalue weighted by Crippen LogP contribution is 2.24. The number of carboxylic acid groups (broad SMARTS) is 1. The van der Waals surface area contributed by atoms with E-state index in [1.807, 2.05) is 25.1 Å². The molecule has 6 heteroatoms. The van der Waals surface area contributed by atoms with E-state index in [-0.39, 0.29) is 6.54 Å². The van der Waals surface area contributed by atoms with Gasteiger partial charge in [-0.25, -0.2) is 4.79 Å². The first kappa shape index (κ1) is 16.5. The predicted molar refractivity (Wildman–Crippen MR) is 82.0 cm³/mol. The highest BCUT2D eigenvalue weighted by molar-refractivity contribution is 9.10. The summed E-state index contributed by atoms with van der Waals surface area (Å²) in [6.07, 6.45) is 0. The first-order chi connectivity index (χ1) is 9.11. The summed E-state index contributed by atoms with van der Waals surface area (Å²) in [6, 6.07) is 5.14. The van der Waals surface area contributed by atoms with Gasteiger partial charge in [-0.3, -0.25) is 4.79 Å². The van der Waals surface area contributed by atoms with Gasteiger partial charge in [-0.15, -0.1) is 0 Å². The minimum atomic E-state index is -1.04. The monoisotopic (exact) mass is 342 g/mol. The summed E-state index contributed by atoms with van der Waals surface area (Å²) in [4.78, 5) is 24.5. The second kappa shape index (κ2) is 6.26. The van der Waals surface area contributed by atoms with Crippen molar-refractivity contribution in [2.24, 2.45) is 0 Å². The molecule has 0 bridgehead atoms.